The minimum absolute atomic E-state index is 0.135. The van der Waals surface area contributed by atoms with Crippen molar-refractivity contribution in [1.29, 1.82) is 0 Å². The van der Waals surface area contributed by atoms with Gasteiger partial charge in [0.2, 0.25) is 5.82 Å². The number of hydrogen-bond acceptors (Lipinski definition) is 1. The molecule has 8 heteroatoms. The van der Waals surface area contributed by atoms with Gasteiger partial charge in [-0.15, -0.1) is 0 Å². The minimum Gasteiger partial charge on any atom is -0.487 e. The smallest absolute Gasteiger partial charge is 0.200 e. The molecule has 3 rings (SSSR count). The second-order valence-electron chi connectivity index (χ2n) is 8.22. The summed E-state index contributed by atoms with van der Waals surface area (Å²) in [7, 11) is 0. The molecule has 0 amide bonds. The monoisotopic (exact) mass is 498 g/mol. The highest BCUT2D eigenvalue weighted by molar-refractivity contribution is 5.66. The maximum atomic E-state index is 14.7. The molecule has 0 N–H and O–H groups in total. The summed E-state index contributed by atoms with van der Waals surface area (Å²) in [5, 5.41) is 0. The Morgan fingerprint density at radius 2 is 1.20 bits per heavy atom. The van der Waals surface area contributed by atoms with Gasteiger partial charge in [-0.25, -0.2) is 26.3 Å². The summed E-state index contributed by atoms with van der Waals surface area (Å²) in [5.41, 5.74) is -1.03. The lowest BCUT2D eigenvalue weighted by Gasteiger charge is -2.14. The number of halogens is 7. The Kier molecular flexibility index (Phi) is 8.81. The van der Waals surface area contributed by atoms with E-state index in [1.54, 1.807) is 6.92 Å². The second-order valence-corrected chi connectivity index (χ2v) is 8.22. The minimum atomic E-state index is -1.88. The topological polar surface area (TPSA) is 9.23 Å². The van der Waals surface area contributed by atoms with Gasteiger partial charge < -0.3 is 4.74 Å². The summed E-state index contributed by atoms with van der Waals surface area (Å²) in [6, 6.07) is 7.11. The number of hydrogen-bond donors (Lipinski definition) is 0. The van der Waals surface area contributed by atoms with Crippen molar-refractivity contribution >= 4 is 0 Å². The van der Waals surface area contributed by atoms with E-state index in [4.69, 9.17) is 4.74 Å². The third kappa shape index (κ3) is 5.80. The summed E-state index contributed by atoms with van der Waals surface area (Å²) in [5.74, 6) is -8.10. The zero-order chi connectivity index (χ0) is 25.7. The molecule has 0 saturated heterocycles. The highest BCUT2D eigenvalue weighted by Gasteiger charge is 2.23. The first-order chi connectivity index (χ1) is 16.7. The van der Waals surface area contributed by atoms with E-state index in [0.29, 0.717) is 12.8 Å². The van der Waals surface area contributed by atoms with Gasteiger partial charge in [-0.3, -0.25) is 0 Å². The van der Waals surface area contributed by atoms with Crippen LogP contribution in [-0.4, -0.2) is 12.8 Å². The van der Waals surface area contributed by atoms with Crippen LogP contribution >= 0.6 is 0 Å². The van der Waals surface area contributed by atoms with Gasteiger partial charge in [0.1, 0.15) is 12.8 Å². The van der Waals surface area contributed by atoms with Crippen molar-refractivity contribution in [2.75, 3.05) is 6.61 Å². The van der Waals surface area contributed by atoms with E-state index in [1.165, 1.54) is 24.3 Å². The lowest BCUT2D eigenvalue weighted by molar-refractivity contribution is 0.187. The Bertz CT molecular complexity index is 1190. The molecule has 0 aliphatic carbocycles. The zero-order valence-corrected chi connectivity index (χ0v) is 19.3. The fourth-order valence-corrected chi connectivity index (χ4v) is 3.75. The lowest BCUT2D eigenvalue weighted by Crippen LogP contribution is -2.17. The number of aryl methyl sites for hydroxylation is 2. The van der Waals surface area contributed by atoms with Crippen molar-refractivity contribution in [3.63, 3.8) is 0 Å². The quantitative estimate of drug-likeness (QED) is 0.257. The molecule has 0 saturated carbocycles. The van der Waals surface area contributed by atoms with Crippen LogP contribution in [0.15, 0.2) is 36.4 Å². The maximum Gasteiger partial charge on any atom is 0.200 e. The first-order valence-corrected chi connectivity index (χ1v) is 11.4. The van der Waals surface area contributed by atoms with E-state index in [1.807, 2.05) is 6.92 Å². The molecular formula is C27H25F7O. The van der Waals surface area contributed by atoms with E-state index in [0.717, 1.165) is 18.6 Å². The number of alkyl halides is 1. The molecule has 3 aromatic carbocycles. The fourth-order valence-electron chi connectivity index (χ4n) is 3.75. The molecule has 0 fully saturated rings. The van der Waals surface area contributed by atoms with Crippen LogP contribution in [0.5, 0.6) is 5.75 Å². The van der Waals surface area contributed by atoms with E-state index >= 15 is 0 Å². The van der Waals surface area contributed by atoms with Crippen molar-refractivity contribution in [1.82, 2.24) is 0 Å². The molecule has 1 unspecified atom stereocenters. The maximum absolute atomic E-state index is 14.7. The van der Waals surface area contributed by atoms with Gasteiger partial charge in [-0.2, -0.15) is 4.39 Å². The van der Waals surface area contributed by atoms with Gasteiger partial charge >= 0.3 is 0 Å². The summed E-state index contributed by atoms with van der Waals surface area (Å²) in [6.45, 7) is 2.81. The molecule has 1 atom stereocenters. The zero-order valence-electron chi connectivity index (χ0n) is 19.3. The van der Waals surface area contributed by atoms with Gasteiger partial charge in [0.15, 0.2) is 34.8 Å². The summed E-state index contributed by atoms with van der Waals surface area (Å²) in [4.78, 5) is 0. The van der Waals surface area contributed by atoms with Crippen LogP contribution in [0.4, 0.5) is 30.7 Å². The Hall–Kier alpha value is -3.03. The predicted molar refractivity (Wildman–Crippen MR) is 120 cm³/mol. The van der Waals surface area contributed by atoms with Gasteiger partial charge in [-0.1, -0.05) is 50.6 Å². The molecule has 0 radical (unpaired) electrons. The van der Waals surface area contributed by atoms with E-state index in [2.05, 4.69) is 0 Å². The molecule has 0 bridgehead atoms. The Morgan fingerprint density at radius 1 is 0.657 bits per heavy atom. The highest BCUT2D eigenvalue weighted by Crippen LogP contribution is 2.32. The lowest BCUT2D eigenvalue weighted by atomic mass is 9.97. The first kappa shape index (κ1) is 26.6. The highest BCUT2D eigenvalue weighted by atomic mass is 19.2. The van der Waals surface area contributed by atoms with E-state index in [-0.39, 0.29) is 23.1 Å². The first-order valence-electron chi connectivity index (χ1n) is 11.4. The predicted octanol–water partition coefficient (Wildman–Crippen LogP) is 8.05. The number of ether oxygens (including phenoxy) is 1. The Balaban J connectivity index is 1.75. The molecule has 0 aromatic heterocycles. The van der Waals surface area contributed by atoms with Gasteiger partial charge in [0.25, 0.3) is 0 Å². The number of rotatable bonds is 10. The molecule has 3 aromatic rings. The van der Waals surface area contributed by atoms with Crippen LogP contribution in [0.2, 0.25) is 0 Å². The molecule has 0 aliphatic rings. The normalized spacial score (nSPS) is 12.1. The van der Waals surface area contributed by atoms with Crippen LogP contribution in [0.1, 0.15) is 43.4 Å². The van der Waals surface area contributed by atoms with Crippen LogP contribution in [-0.2, 0) is 19.3 Å². The second kappa shape index (κ2) is 11.6. The van der Waals surface area contributed by atoms with Crippen molar-refractivity contribution in [3.8, 4) is 16.9 Å². The van der Waals surface area contributed by atoms with E-state index < -0.39 is 71.0 Å². The van der Waals surface area contributed by atoms with Crippen LogP contribution in [0.3, 0.4) is 0 Å². The van der Waals surface area contributed by atoms with E-state index in [9.17, 15) is 30.7 Å². The SMILES string of the molecule is CCCCc1ccc(-c2ccc(CC(F)COc3ccc(CC)c(F)c3F)c(F)c2F)c(F)c1F. The van der Waals surface area contributed by atoms with Crippen molar-refractivity contribution < 1.29 is 35.5 Å². The van der Waals surface area contributed by atoms with Gasteiger partial charge in [0.05, 0.1) is 0 Å². The summed E-state index contributed by atoms with van der Waals surface area (Å²) >= 11 is 0. The fraction of sp³-hybridized carbons (Fsp3) is 0.333. The van der Waals surface area contributed by atoms with Crippen LogP contribution < -0.4 is 4.74 Å². The third-order valence-electron chi connectivity index (χ3n) is 5.78. The molecule has 35 heavy (non-hydrogen) atoms. The Morgan fingerprint density at radius 3 is 1.80 bits per heavy atom. The number of benzene rings is 3. The largest absolute Gasteiger partial charge is 0.487 e. The van der Waals surface area contributed by atoms with Crippen molar-refractivity contribution in [3.05, 3.63) is 88.0 Å². The molecular weight excluding hydrogens is 473 g/mol. The molecule has 1 nitrogen and oxygen atoms in total. The van der Waals surface area contributed by atoms with Crippen molar-refractivity contribution in [2.45, 2.75) is 52.1 Å². The average Bonchev–Trinajstić information content (AvgIpc) is 2.84. The molecule has 188 valence electrons. The van der Waals surface area contributed by atoms with Gasteiger partial charge in [-0.05, 0) is 42.0 Å². The number of unbranched alkanes of at least 4 members (excludes halogenated alkanes) is 1. The standard InChI is InChI=1S/C27H25F7O/c1-3-5-6-16-7-10-19(25(32)23(16)30)20-11-8-17(24(31)26(20)33)13-18(28)14-35-21-12-9-15(4-2)22(29)27(21)34/h7-12,18H,3-6,13-14H2,1-2H3. The van der Waals surface area contributed by atoms with Crippen LogP contribution in [0.25, 0.3) is 11.1 Å². The van der Waals surface area contributed by atoms with Gasteiger partial charge in [0, 0.05) is 17.5 Å². The molecule has 0 aliphatic heterocycles. The third-order valence-corrected chi connectivity index (χ3v) is 5.78. The molecule has 0 spiro atoms. The van der Waals surface area contributed by atoms with Crippen molar-refractivity contribution in [2.24, 2.45) is 0 Å². The Labute approximate surface area is 199 Å². The average molecular weight is 498 g/mol. The molecule has 0 heterocycles. The summed E-state index contributed by atoms with van der Waals surface area (Å²) in [6.07, 6.45) is -0.513. The summed E-state index contributed by atoms with van der Waals surface area (Å²) < 4.78 is 106. The van der Waals surface area contributed by atoms with Crippen LogP contribution in [0, 0.1) is 34.9 Å².